The third-order valence-corrected chi connectivity index (χ3v) is 15.0. The zero-order chi connectivity index (χ0) is 38.3. The summed E-state index contributed by atoms with van der Waals surface area (Å²) >= 11 is 0. The van der Waals surface area contributed by atoms with Crippen molar-refractivity contribution < 1.29 is 35.9 Å². The number of imidazole rings is 1. The van der Waals surface area contributed by atoms with E-state index in [0.717, 1.165) is 90.4 Å². The summed E-state index contributed by atoms with van der Waals surface area (Å²) < 4.78 is 73.2. The van der Waals surface area contributed by atoms with Gasteiger partial charge in [-0.2, -0.15) is 8.42 Å². The number of nitrogens with zero attached hydrogens (tertiary/aromatic N) is 5. The van der Waals surface area contributed by atoms with E-state index in [1.54, 1.807) is 14.6 Å². The van der Waals surface area contributed by atoms with Crippen molar-refractivity contribution in [3.8, 4) is 5.88 Å². The van der Waals surface area contributed by atoms with Crippen LogP contribution in [0.2, 0.25) is 0 Å². The lowest BCUT2D eigenvalue weighted by molar-refractivity contribution is -0.0620. The van der Waals surface area contributed by atoms with Gasteiger partial charge in [0.25, 0.3) is 20.0 Å². The molecule has 3 aromatic rings. The van der Waals surface area contributed by atoms with Gasteiger partial charge in [0, 0.05) is 30.6 Å². The molecule has 298 valence electrons. The highest BCUT2D eigenvalue weighted by Crippen LogP contribution is 2.49. The summed E-state index contributed by atoms with van der Waals surface area (Å²) in [5.41, 5.74) is 14.2. The molecular weight excluding hydrogens is 763 g/mol. The summed E-state index contributed by atoms with van der Waals surface area (Å²) in [6, 6.07) is 2.04. The Morgan fingerprint density at radius 2 is 1.39 bits per heavy atom. The SMILES string of the molecule is O=C(Nc1c2c(cc3c1CCC3N1[N-]N3CCCOC3C1S(=O)(=O)NC(=O)Nc1c3c(cc4c1CCC4)CCC3)CCC2)NS(=O)(=O)c1ncn2c1OCCC2. The van der Waals surface area contributed by atoms with Gasteiger partial charge in [0.05, 0.1) is 12.9 Å². The number of anilines is 2. The van der Waals surface area contributed by atoms with Gasteiger partial charge >= 0.3 is 12.1 Å². The number of carbonyl (C=O) groups is 2. The quantitative estimate of drug-likeness (QED) is 0.271. The summed E-state index contributed by atoms with van der Waals surface area (Å²) in [5.74, 6) is 0.0964. The molecule has 0 spiro atoms. The number of urea groups is 2. The third-order valence-electron chi connectivity index (χ3n) is 12.3. The number of carbonyl (C=O) groups excluding carboxylic acids is 2. The van der Waals surface area contributed by atoms with Crippen LogP contribution < -0.4 is 24.8 Å². The average Bonchev–Trinajstić information content (AvgIpc) is 4.01. The van der Waals surface area contributed by atoms with Crippen LogP contribution in [0.5, 0.6) is 5.88 Å². The first-order valence-electron chi connectivity index (χ1n) is 19.6. The zero-order valence-electron chi connectivity index (χ0n) is 30.8. The topological polar surface area (TPSA) is 207 Å². The highest BCUT2D eigenvalue weighted by Gasteiger charge is 2.48. The first kappa shape index (κ1) is 36.1. The van der Waals surface area contributed by atoms with Crippen LogP contribution in [0, 0.1) is 0 Å². The number of ether oxygens (including phenoxy) is 2. The minimum atomic E-state index is -4.42. The van der Waals surface area contributed by atoms with E-state index in [4.69, 9.17) is 15.0 Å². The van der Waals surface area contributed by atoms with Gasteiger partial charge in [0.1, 0.15) is 6.23 Å². The molecule has 2 aromatic carbocycles. The van der Waals surface area contributed by atoms with Crippen LogP contribution in [-0.4, -0.2) is 79.8 Å². The van der Waals surface area contributed by atoms with Crippen LogP contribution in [0.15, 0.2) is 23.5 Å². The smallest absolute Gasteiger partial charge is 0.333 e. The van der Waals surface area contributed by atoms with Crippen LogP contribution in [0.25, 0.3) is 5.53 Å². The molecule has 4 amide bonds. The first-order valence-corrected chi connectivity index (χ1v) is 22.7. The van der Waals surface area contributed by atoms with Gasteiger partial charge in [-0.3, -0.25) is 0 Å². The number of aromatic nitrogens is 2. The van der Waals surface area contributed by atoms with Crippen molar-refractivity contribution in [2.24, 2.45) is 0 Å². The molecule has 4 N–H and O–H groups in total. The Morgan fingerprint density at radius 1 is 0.750 bits per heavy atom. The van der Waals surface area contributed by atoms with Crippen molar-refractivity contribution in [3.63, 3.8) is 0 Å². The maximum absolute atomic E-state index is 14.4. The fourth-order valence-electron chi connectivity index (χ4n) is 9.91. The number of nitrogens with one attached hydrogen (secondary N) is 4. The van der Waals surface area contributed by atoms with E-state index in [9.17, 15) is 26.4 Å². The van der Waals surface area contributed by atoms with E-state index in [-0.39, 0.29) is 10.9 Å². The largest absolute Gasteiger partial charge is 0.523 e. The van der Waals surface area contributed by atoms with Crippen LogP contribution in [0.4, 0.5) is 21.0 Å². The maximum Gasteiger partial charge on any atom is 0.333 e. The average molecular weight is 807 g/mol. The molecular formula is C37H44N9O8S2-. The molecule has 17 nitrogen and oxygen atoms in total. The van der Waals surface area contributed by atoms with Gasteiger partial charge in [-0.25, -0.2) is 32.4 Å². The predicted octanol–water partition coefficient (Wildman–Crippen LogP) is 3.67. The maximum atomic E-state index is 14.4. The second kappa shape index (κ2) is 13.7. The number of aryl methyl sites for hydroxylation is 4. The zero-order valence-corrected chi connectivity index (χ0v) is 32.4. The Balaban J connectivity index is 0.929. The van der Waals surface area contributed by atoms with Crippen molar-refractivity contribution >= 4 is 43.5 Å². The summed E-state index contributed by atoms with van der Waals surface area (Å²) in [6.07, 6.45) is 10.6. The molecule has 3 unspecified atom stereocenters. The van der Waals surface area contributed by atoms with E-state index in [2.05, 4.69) is 37.2 Å². The lowest BCUT2D eigenvalue weighted by atomic mass is 9.97. The molecule has 10 rings (SSSR count). The minimum Gasteiger partial charge on any atom is -0.523 e. The normalized spacial score (nSPS) is 24.0. The number of sulfonamides is 2. The second-order valence-corrected chi connectivity index (χ2v) is 19.0. The van der Waals surface area contributed by atoms with Crippen molar-refractivity contribution in [1.82, 2.24) is 29.0 Å². The van der Waals surface area contributed by atoms with Gasteiger partial charge < -0.3 is 40.2 Å². The van der Waals surface area contributed by atoms with Crippen LogP contribution in [0.1, 0.15) is 89.1 Å². The molecule has 0 saturated carbocycles. The molecule has 2 fully saturated rings. The summed E-state index contributed by atoms with van der Waals surface area (Å²) in [5, 5.41) is 7.30. The third kappa shape index (κ3) is 6.05. The van der Waals surface area contributed by atoms with Gasteiger partial charge in [-0.1, -0.05) is 12.1 Å². The molecule has 2 saturated heterocycles. The standard InChI is InChI=1S/C37H44N9O8S2/c47-36(41-55(49,50)32-33-44(20-38-32)14-4-16-53-33)40-31-26-11-3-8-23(26)19-28-27(31)12-13-29(28)46-35(34-45(43-46)15-5-17-54-34)56(51,52)42-37(48)39-30-24-9-1-6-21(24)18-22-7-2-10-25(22)30/h18-20,29,34-35H,1-17H2,(H2,39,42,48)(H2,40,41,47)/q-1. The van der Waals surface area contributed by atoms with E-state index >= 15 is 0 Å². The Bertz CT molecular complexity index is 2350. The molecule has 1 aromatic heterocycles. The van der Waals surface area contributed by atoms with E-state index in [0.29, 0.717) is 64.1 Å². The van der Waals surface area contributed by atoms with Crippen LogP contribution >= 0.6 is 0 Å². The molecule has 0 bridgehead atoms. The molecule has 3 aliphatic heterocycles. The van der Waals surface area contributed by atoms with Crippen molar-refractivity contribution in [3.05, 3.63) is 68.5 Å². The minimum absolute atomic E-state index is 0.0964. The number of benzene rings is 2. The lowest BCUT2D eigenvalue weighted by Gasteiger charge is -2.42. The highest BCUT2D eigenvalue weighted by atomic mass is 32.2. The summed E-state index contributed by atoms with van der Waals surface area (Å²) in [7, 11) is -8.79. The van der Waals surface area contributed by atoms with Crippen molar-refractivity contribution in [1.29, 1.82) is 0 Å². The van der Waals surface area contributed by atoms with Gasteiger partial charge in [0.15, 0.2) is 5.37 Å². The molecule has 4 heterocycles. The molecule has 19 heteroatoms. The second-order valence-electron chi connectivity index (χ2n) is 15.6. The molecule has 0 radical (unpaired) electrons. The van der Waals surface area contributed by atoms with Crippen LogP contribution in [0.3, 0.4) is 0 Å². The van der Waals surface area contributed by atoms with E-state index in [1.807, 2.05) is 0 Å². The number of hydrogen-bond donors (Lipinski definition) is 4. The van der Waals surface area contributed by atoms with Crippen molar-refractivity contribution in [2.45, 2.75) is 113 Å². The lowest BCUT2D eigenvalue weighted by Crippen LogP contribution is -2.53. The van der Waals surface area contributed by atoms with E-state index in [1.165, 1.54) is 17.5 Å². The molecule has 3 atom stereocenters. The molecule has 56 heavy (non-hydrogen) atoms. The Kier molecular flexibility index (Phi) is 8.82. The van der Waals surface area contributed by atoms with E-state index < -0.39 is 49.8 Å². The monoisotopic (exact) mass is 806 g/mol. The molecule has 4 aliphatic carbocycles. The Morgan fingerprint density at radius 3 is 2.11 bits per heavy atom. The number of amides is 4. The first-order chi connectivity index (χ1) is 27.1. The fraction of sp³-hybridized carbons (Fsp3) is 0.541. The summed E-state index contributed by atoms with van der Waals surface area (Å²) in [4.78, 5) is 31.2. The Labute approximate surface area is 324 Å². The predicted molar refractivity (Wildman–Crippen MR) is 203 cm³/mol. The number of hydrogen-bond acceptors (Lipinski definition) is 11. The summed E-state index contributed by atoms with van der Waals surface area (Å²) in [6.45, 7) is 1.74. The van der Waals surface area contributed by atoms with Gasteiger partial charge in [-0.05, 0) is 135 Å². The fourth-order valence-corrected chi connectivity index (χ4v) is 12.3. The van der Waals surface area contributed by atoms with Crippen molar-refractivity contribution in [2.75, 3.05) is 30.4 Å². The number of rotatable bonds is 7. The number of fused-ring (bicyclic) bond motifs is 6. The highest BCUT2D eigenvalue weighted by molar-refractivity contribution is 7.90. The molecule has 7 aliphatic rings. The van der Waals surface area contributed by atoms with Gasteiger partial charge in [0.2, 0.25) is 10.9 Å². The van der Waals surface area contributed by atoms with Gasteiger partial charge in [-0.15, -0.1) is 0 Å². The van der Waals surface area contributed by atoms with Crippen LogP contribution in [-0.2, 0) is 76.3 Å². The Hall–Kier alpha value is -4.27.